The molecule has 3 rings (SSSR count). The van der Waals surface area contributed by atoms with Crippen LogP contribution < -0.4 is 9.64 Å². The van der Waals surface area contributed by atoms with E-state index in [0.717, 1.165) is 17.7 Å². The summed E-state index contributed by atoms with van der Waals surface area (Å²) in [4.78, 5) is 1.21. The van der Waals surface area contributed by atoms with Gasteiger partial charge in [0.15, 0.2) is 6.10 Å². The number of aliphatic hydroxyl groups excluding tert-OH is 1. The summed E-state index contributed by atoms with van der Waals surface area (Å²) in [5.74, 6) is -0.574. The normalized spacial score (nSPS) is 13.1. The van der Waals surface area contributed by atoms with Gasteiger partial charge >= 0.3 is 18.7 Å². The molecule has 0 amide bonds. The fourth-order valence-corrected chi connectivity index (χ4v) is 3.26. The van der Waals surface area contributed by atoms with E-state index in [2.05, 4.69) is 4.74 Å². The summed E-state index contributed by atoms with van der Waals surface area (Å²) in [6.07, 6.45) is -14.6. The first kappa shape index (κ1) is 26.3. The molecule has 1 N–H and O–H groups in total. The molecule has 0 aromatic heterocycles. The Morgan fingerprint density at radius 1 is 0.829 bits per heavy atom. The Hall–Kier alpha value is -3.27. The molecule has 3 aromatic carbocycles. The standard InChI is InChI=1S/C25H21F7NO2/c26-23(27)25(31,32)35-21-11-5-9-19(14-21)15-33(16-22(34)24(28,29)30)20-10-4-8-18(13-20)12-17-6-2-1-3-7-17/h1-14,22-23,34H,15-16H2. The number of aliphatic hydroxyl groups is 1. The van der Waals surface area contributed by atoms with Crippen LogP contribution in [0.2, 0.25) is 0 Å². The zero-order valence-electron chi connectivity index (χ0n) is 18.1. The van der Waals surface area contributed by atoms with Crippen molar-refractivity contribution in [2.45, 2.75) is 31.4 Å². The summed E-state index contributed by atoms with van der Waals surface area (Å²) in [5.41, 5.74) is 2.06. The second-order valence-electron chi connectivity index (χ2n) is 7.70. The summed E-state index contributed by atoms with van der Waals surface area (Å²) >= 11 is 0. The number of benzene rings is 3. The maximum absolute atomic E-state index is 13.3. The minimum absolute atomic E-state index is 0.208. The van der Waals surface area contributed by atoms with Crippen molar-refractivity contribution in [2.75, 3.05) is 11.4 Å². The van der Waals surface area contributed by atoms with Crippen LogP contribution in [0.25, 0.3) is 0 Å². The molecule has 10 heteroatoms. The first-order valence-electron chi connectivity index (χ1n) is 10.4. The summed E-state index contributed by atoms with van der Waals surface area (Å²) < 4.78 is 94.8. The van der Waals surface area contributed by atoms with Crippen LogP contribution in [0, 0.1) is 6.42 Å². The highest BCUT2D eigenvalue weighted by molar-refractivity contribution is 5.53. The lowest BCUT2D eigenvalue weighted by atomic mass is 10.0. The maximum Gasteiger partial charge on any atom is 0.461 e. The Balaban J connectivity index is 1.87. The largest absolute Gasteiger partial charge is 0.461 e. The highest BCUT2D eigenvalue weighted by Crippen LogP contribution is 2.30. The van der Waals surface area contributed by atoms with E-state index in [1.807, 2.05) is 36.8 Å². The second kappa shape index (κ2) is 11.0. The zero-order valence-corrected chi connectivity index (χ0v) is 18.1. The molecule has 1 atom stereocenters. The molecule has 0 saturated carbocycles. The highest BCUT2D eigenvalue weighted by Gasteiger charge is 2.44. The number of alkyl halides is 7. The average molecular weight is 500 g/mol. The van der Waals surface area contributed by atoms with Crippen LogP contribution in [0.4, 0.5) is 36.4 Å². The van der Waals surface area contributed by atoms with Gasteiger partial charge in [-0.1, -0.05) is 54.6 Å². The zero-order chi connectivity index (χ0) is 25.6. The Bertz CT molecular complexity index is 1090. The molecule has 0 saturated heterocycles. The lowest BCUT2D eigenvalue weighted by Gasteiger charge is -2.29. The molecule has 0 aliphatic heterocycles. The van der Waals surface area contributed by atoms with Crippen molar-refractivity contribution in [2.24, 2.45) is 0 Å². The van der Waals surface area contributed by atoms with E-state index < -0.39 is 37.1 Å². The molecule has 0 bridgehead atoms. The maximum atomic E-state index is 13.3. The van der Waals surface area contributed by atoms with Crippen molar-refractivity contribution < 1.29 is 40.6 Å². The fraction of sp³-hybridized carbons (Fsp3) is 0.240. The van der Waals surface area contributed by atoms with E-state index in [1.165, 1.54) is 23.1 Å². The molecule has 35 heavy (non-hydrogen) atoms. The molecule has 0 heterocycles. The lowest BCUT2D eigenvalue weighted by Crippen LogP contribution is -2.41. The Labute approximate surface area is 197 Å². The van der Waals surface area contributed by atoms with Gasteiger partial charge in [0.2, 0.25) is 0 Å². The van der Waals surface area contributed by atoms with E-state index in [0.29, 0.717) is 11.3 Å². The summed E-state index contributed by atoms with van der Waals surface area (Å²) in [7, 11) is 0. The van der Waals surface area contributed by atoms with E-state index in [9.17, 15) is 35.8 Å². The van der Waals surface area contributed by atoms with Crippen molar-refractivity contribution in [3.63, 3.8) is 0 Å². The monoisotopic (exact) mass is 500 g/mol. The van der Waals surface area contributed by atoms with Gasteiger partial charge in [0.1, 0.15) is 5.75 Å². The van der Waals surface area contributed by atoms with Crippen LogP contribution in [0.1, 0.15) is 16.7 Å². The van der Waals surface area contributed by atoms with Gasteiger partial charge < -0.3 is 14.7 Å². The Kier molecular flexibility index (Phi) is 8.26. The molecule has 0 aliphatic carbocycles. The van der Waals surface area contributed by atoms with Gasteiger partial charge in [0, 0.05) is 18.7 Å². The van der Waals surface area contributed by atoms with E-state index >= 15 is 0 Å². The van der Waals surface area contributed by atoms with Crippen molar-refractivity contribution in [3.05, 3.63) is 102 Å². The molecule has 0 aliphatic rings. The summed E-state index contributed by atoms with van der Waals surface area (Å²) in [6.45, 7) is -1.10. The SMILES string of the molecule is OC(CN(Cc1cccc(OC(F)(F)C(F)F)c1)c1cccc([CH]c2ccccc2)c1)C(F)(F)F. The third-order valence-electron chi connectivity index (χ3n) is 4.92. The quantitative estimate of drug-likeness (QED) is 0.325. The molecule has 3 aromatic rings. The number of ether oxygens (including phenoxy) is 1. The predicted octanol–water partition coefficient (Wildman–Crippen LogP) is 6.45. The molecule has 1 unspecified atom stereocenters. The van der Waals surface area contributed by atoms with Crippen molar-refractivity contribution >= 4 is 5.69 Å². The fourth-order valence-electron chi connectivity index (χ4n) is 3.26. The minimum Gasteiger partial charge on any atom is -0.428 e. The second-order valence-corrected chi connectivity index (χ2v) is 7.70. The predicted molar refractivity (Wildman–Crippen MR) is 117 cm³/mol. The number of rotatable bonds is 10. The Morgan fingerprint density at radius 2 is 1.49 bits per heavy atom. The van der Waals surface area contributed by atoms with Gasteiger partial charge in [0.25, 0.3) is 0 Å². The van der Waals surface area contributed by atoms with E-state index in [4.69, 9.17) is 0 Å². The lowest BCUT2D eigenvalue weighted by molar-refractivity contribution is -0.253. The number of hydrogen-bond donors (Lipinski definition) is 1. The molecular formula is C25H21F7NO2. The Morgan fingerprint density at radius 3 is 2.14 bits per heavy atom. The van der Waals surface area contributed by atoms with Crippen molar-refractivity contribution in [1.29, 1.82) is 0 Å². The third kappa shape index (κ3) is 7.61. The van der Waals surface area contributed by atoms with E-state index in [-0.39, 0.29) is 12.1 Å². The number of halogens is 7. The number of nitrogens with zero attached hydrogens (tertiary/aromatic N) is 1. The summed E-state index contributed by atoms with van der Waals surface area (Å²) in [5, 5.41) is 9.69. The highest BCUT2D eigenvalue weighted by atomic mass is 19.4. The van der Waals surface area contributed by atoms with Crippen molar-refractivity contribution in [1.82, 2.24) is 0 Å². The van der Waals surface area contributed by atoms with Gasteiger partial charge in [-0.2, -0.15) is 30.7 Å². The van der Waals surface area contributed by atoms with Crippen molar-refractivity contribution in [3.8, 4) is 5.75 Å². The van der Waals surface area contributed by atoms with Crippen LogP contribution in [0.15, 0.2) is 78.9 Å². The topological polar surface area (TPSA) is 32.7 Å². The first-order chi connectivity index (χ1) is 16.4. The van der Waals surface area contributed by atoms with Gasteiger partial charge in [-0.05, 0) is 41.0 Å². The molecule has 0 spiro atoms. The van der Waals surface area contributed by atoms with Gasteiger partial charge in [-0.25, -0.2) is 0 Å². The van der Waals surface area contributed by atoms with Gasteiger partial charge in [-0.3, -0.25) is 0 Å². The van der Waals surface area contributed by atoms with Crippen LogP contribution in [-0.4, -0.2) is 36.5 Å². The first-order valence-corrected chi connectivity index (χ1v) is 10.4. The molecule has 0 fully saturated rings. The number of anilines is 1. The minimum atomic E-state index is -4.89. The third-order valence-corrected chi connectivity index (χ3v) is 4.92. The van der Waals surface area contributed by atoms with Gasteiger partial charge in [-0.15, -0.1) is 0 Å². The molecule has 3 nitrogen and oxygen atoms in total. The average Bonchev–Trinajstić information content (AvgIpc) is 2.79. The van der Waals surface area contributed by atoms with Crippen LogP contribution >= 0.6 is 0 Å². The molecule has 187 valence electrons. The summed E-state index contributed by atoms with van der Waals surface area (Å²) in [6, 6.07) is 20.4. The van der Waals surface area contributed by atoms with Crippen LogP contribution in [0.5, 0.6) is 5.75 Å². The smallest absolute Gasteiger partial charge is 0.428 e. The van der Waals surface area contributed by atoms with Crippen LogP contribution in [-0.2, 0) is 6.54 Å². The van der Waals surface area contributed by atoms with E-state index in [1.54, 1.807) is 18.2 Å². The van der Waals surface area contributed by atoms with Crippen LogP contribution in [0.3, 0.4) is 0 Å². The molecule has 1 radical (unpaired) electrons. The molecular weight excluding hydrogens is 479 g/mol. The number of hydrogen-bond acceptors (Lipinski definition) is 3. The van der Waals surface area contributed by atoms with Gasteiger partial charge in [0.05, 0.1) is 6.54 Å².